The number of hydrogen-bond acceptors (Lipinski definition) is 4. The van der Waals surface area contributed by atoms with Crippen LogP contribution < -0.4 is 5.32 Å². The molecule has 1 aromatic carbocycles. The first-order chi connectivity index (χ1) is 12.0. The van der Waals surface area contributed by atoms with Gasteiger partial charge in [0, 0.05) is 24.9 Å². The van der Waals surface area contributed by atoms with E-state index in [4.69, 9.17) is 5.11 Å². The van der Waals surface area contributed by atoms with Crippen molar-refractivity contribution in [2.75, 3.05) is 7.05 Å². The van der Waals surface area contributed by atoms with Gasteiger partial charge in [-0.2, -0.15) is 0 Å². The lowest BCUT2D eigenvalue weighted by atomic mass is 9.98. The zero-order valence-corrected chi connectivity index (χ0v) is 14.5. The molecule has 2 atom stereocenters. The number of carbonyl (C=O) groups excluding carboxylic acids is 2. The van der Waals surface area contributed by atoms with E-state index in [2.05, 4.69) is 5.32 Å². The molecule has 1 aliphatic heterocycles. The highest BCUT2D eigenvalue weighted by Crippen LogP contribution is 2.39. The molecule has 0 saturated carbocycles. The van der Waals surface area contributed by atoms with E-state index in [9.17, 15) is 14.4 Å². The second-order valence-corrected chi connectivity index (χ2v) is 6.97. The van der Waals surface area contributed by atoms with Gasteiger partial charge in [-0.15, -0.1) is 11.3 Å². The summed E-state index contributed by atoms with van der Waals surface area (Å²) >= 11 is 1.54. The van der Waals surface area contributed by atoms with E-state index in [1.807, 2.05) is 17.5 Å². The molecule has 2 amide bonds. The van der Waals surface area contributed by atoms with Crippen LogP contribution in [0, 0.1) is 5.92 Å². The largest absolute Gasteiger partial charge is 0.478 e. The van der Waals surface area contributed by atoms with Crippen molar-refractivity contribution in [1.82, 2.24) is 10.2 Å². The molecule has 2 aromatic rings. The normalized spacial score (nSPS) is 19.9. The maximum atomic E-state index is 12.6. The number of carbonyl (C=O) groups is 3. The van der Waals surface area contributed by atoms with Gasteiger partial charge in [-0.05, 0) is 29.1 Å². The van der Waals surface area contributed by atoms with Crippen LogP contribution in [0.5, 0.6) is 0 Å². The number of aromatic carboxylic acids is 1. The second kappa shape index (κ2) is 7.06. The van der Waals surface area contributed by atoms with Crippen molar-refractivity contribution in [2.45, 2.75) is 19.0 Å². The predicted octanol–water partition coefficient (Wildman–Crippen LogP) is 2.28. The summed E-state index contributed by atoms with van der Waals surface area (Å²) in [5.41, 5.74) is 1.01. The lowest BCUT2D eigenvalue weighted by Gasteiger charge is -2.23. The first-order valence-electron chi connectivity index (χ1n) is 7.86. The maximum Gasteiger partial charge on any atom is 0.335 e. The minimum atomic E-state index is -0.984. The Labute approximate surface area is 149 Å². The summed E-state index contributed by atoms with van der Waals surface area (Å²) in [5.74, 6) is -1.61. The van der Waals surface area contributed by atoms with E-state index in [1.165, 1.54) is 23.5 Å². The minimum Gasteiger partial charge on any atom is -0.478 e. The molecular formula is C18H18N2O4S. The lowest BCUT2D eigenvalue weighted by Crippen LogP contribution is -2.33. The molecule has 130 valence electrons. The third-order valence-corrected chi connectivity index (χ3v) is 5.37. The highest BCUT2D eigenvalue weighted by atomic mass is 32.1. The van der Waals surface area contributed by atoms with E-state index in [-0.39, 0.29) is 29.8 Å². The summed E-state index contributed by atoms with van der Waals surface area (Å²) in [6, 6.07) is 9.97. The average molecular weight is 358 g/mol. The summed E-state index contributed by atoms with van der Waals surface area (Å²) < 4.78 is 0. The van der Waals surface area contributed by atoms with Crippen molar-refractivity contribution in [1.29, 1.82) is 0 Å². The number of hydrogen-bond donors (Lipinski definition) is 2. The third-order valence-electron chi connectivity index (χ3n) is 4.43. The number of rotatable bonds is 5. The number of thiophene rings is 1. The Morgan fingerprint density at radius 1 is 1.28 bits per heavy atom. The summed E-state index contributed by atoms with van der Waals surface area (Å²) in [7, 11) is 1.73. The van der Waals surface area contributed by atoms with Gasteiger partial charge < -0.3 is 15.3 Å². The van der Waals surface area contributed by atoms with Gasteiger partial charge in [-0.25, -0.2) is 4.79 Å². The fraction of sp³-hybridized carbons (Fsp3) is 0.278. The smallest absolute Gasteiger partial charge is 0.335 e. The summed E-state index contributed by atoms with van der Waals surface area (Å²) in [4.78, 5) is 38.2. The Kier molecular flexibility index (Phi) is 4.85. The Morgan fingerprint density at radius 3 is 2.60 bits per heavy atom. The fourth-order valence-electron chi connectivity index (χ4n) is 3.04. The van der Waals surface area contributed by atoms with Crippen molar-refractivity contribution in [3.8, 4) is 0 Å². The summed E-state index contributed by atoms with van der Waals surface area (Å²) in [6.07, 6.45) is 0.197. The zero-order valence-electron chi connectivity index (χ0n) is 13.6. The zero-order chi connectivity index (χ0) is 18.0. The van der Waals surface area contributed by atoms with Crippen molar-refractivity contribution in [2.24, 2.45) is 5.92 Å². The van der Waals surface area contributed by atoms with Gasteiger partial charge in [0.2, 0.25) is 11.8 Å². The van der Waals surface area contributed by atoms with Crippen LogP contribution in [0.4, 0.5) is 0 Å². The third kappa shape index (κ3) is 3.56. The van der Waals surface area contributed by atoms with Crippen molar-refractivity contribution >= 4 is 29.1 Å². The van der Waals surface area contributed by atoms with Crippen LogP contribution in [0.3, 0.4) is 0 Å². The predicted molar refractivity (Wildman–Crippen MR) is 93.2 cm³/mol. The molecule has 0 unspecified atom stereocenters. The van der Waals surface area contributed by atoms with Crippen LogP contribution in [-0.4, -0.2) is 34.8 Å². The Bertz CT molecular complexity index is 786. The van der Waals surface area contributed by atoms with Crippen LogP contribution in [-0.2, 0) is 16.1 Å². The van der Waals surface area contributed by atoms with Gasteiger partial charge >= 0.3 is 5.97 Å². The van der Waals surface area contributed by atoms with Crippen LogP contribution in [0.15, 0.2) is 41.8 Å². The highest BCUT2D eigenvalue weighted by Gasteiger charge is 2.43. The number of nitrogens with zero attached hydrogens (tertiary/aromatic N) is 1. The van der Waals surface area contributed by atoms with Crippen LogP contribution >= 0.6 is 11.3 Å². The molecule has 0 radical (unpaired) electrons. The molecule has 7 heteroatoms. The molecule has 25 heavy (non-hydrogen) atoms. The fourth-order valence-corrected chi connectivity index (χ4v) is 3.97. The maximum absolute atomic E-state index is 12.6. The van der Waals surface area contributed by atoms with Gasteiger partial charge in [-0.1, -0.05) is 18.2 Å². The van der Waals surface area contributed by atoms with Crippen molar-refractivity contribution in [3.05, 3.63) is 57.8 Å². The second-order valence-electron chi connectivity index (χ2n) is 6.00. The lowest BCUT2D eigenvalue weighted by molar-refractivity contribution is -0.128. The Hall–Kier alpha value is -2.67. The first kappa shape index (κ1) is 17.2. The van der Waals surface area contributed by atoms with Crippen molar-refractivity contribution < 1.29 is 19.5 Å². The Morgan fingerprint density at radius 2 is 2.00 bits per heavy atom. The monoisotopic (exact) mass is 358 g/mol. The molecule has 0 aliphatic carbocycles. The molecule has 0 bridgehead atoms. The number of amides is 2. The van der Waals surface area contributed by atoms with Gasteiger partial charge in [0.25, 0.3) is 0 Å². The number of likely N-dealkylation sites (tertiary alicyclic amines) is 1. The average Bonchev–Trinajstić information content (AvgIpc) is 3.22. The molecular weight excluding hydrogens is 340 g/mol. The molecule has 2 heterocycles. The number of carboxylic acid groups (broad SMARTS) is 1. The van der Waals surface area contributed by atoms with Gasteiger partial charge in [0.05, 0.1) is 17.5 Å². The summed E-state index contributed by atoms with van der Waals surface area (Å²) in [6.45, 7) is 0.296. The van der Waals surface area contributed by atoms with Crippen LogP contribution in [0.2, 0.25) is 0 Å². The molecule has 2 N–H and O–H groups in total. The molecule has 1 aliphatic rings. The van der Waals surface area contributed by atoms with E-state index < -0.39 is 11.9 Å². The van der Waals surface area contributed by atoms with E-state index in [0.29, 0.717) is 6.54 Å². The molecule has 6 nitrogen and oxygen atoms in total. The summed E-state index contributed by atoms with van der Waals surface area (Å²) in [5, 5.41) is 13.7. The number of carboxylic acids is 1. The van der Waals surface area contributed by atoms with Gasteiger partial charge in [0.15, 0.2) is 0 Å². The van der Waals surface area contributed by atoms with E-state index in [0.717, 1.165) is 10.4 Å². The quantitative estimate of drug-likeness (QED) is 0.858. The van der Waals surface area contributed by atoms with E-state index >= 15 is 0 Å². The van der Waals surface area contributed by atoms with Gasteiger partial charge in [-0.3, -0.25) is 9.59 Å². The standard InChI is InChI=1S/C18H18N2O4S/c1-20-15(21)9-13(16(20)14-3-2-8-25-14)17(22)19-10-11-4-6-12(7-5-11)18(23)24/h2-8,13,16H,9-10H2,1H3,(H,19,22)(H,23,24)/t13-,16-/m1/s1. The van der Waals surface area contributed by atoms with Crippen LogP contribution in [0.1, 0.15) is 33.3 Å². The van der Waals surface area contributed by atoms with Crippen LogP contribution in [0.25, 0.3) is 0 Å². The molecule has 1 aromatic heterocycles. The number of nitrogens with one attached hydrogen (secondary N) is 1. The highest BCUT2D eigenvalue weighted by molar-refractivity contribution is 7.10. The molecule has 1 fully saturated rings. The molecule has 0 spiro atoms. The Balaban J connectivity index is 1.67. The number of benzene rings is 1. The van der Waals surface area contributed by atoms with Crippen molar-refractivity contribution in [3.63, 3.8) is 0 Å². The first-order valence-corrected chi connectivity index (χ1v) is 8.74. The minimum absolute atomic E-state index is 0.0376. The van der Waals surface area contributed by atoms with E-state index in [1.54, 1.807) is 24.1 Å². The molecule has 1 saturated heterocycles. The topological polar surface area (TPSA) is 86.7 Å². The van der Waals surface area contributed by atoms with Gasteiger partial charge in [0.1, 0.15) is 0 Å². The molecule has 3 rings (SSSR count). The SMILES string of the molecule is CN1C(=O)C[C@@H](C(=O)NCc2ccc(C(=O)O)cc2)[C@@H]1c1cccs1.